The largest absolute Gasteiger partial charge is 0.292 e. The van der Waals surface area contributed by atoms with Crippen LogP contribution in [0.1, 0.15) is 22.3 Å². The number of aromatic nitrogens is 2. The van der Waals surface area contributed by atoms with E-state index in [-0.39, 0.29) is 0 Å². The Kier molecular flexibility index (Phi) is 5.45. The van der Waals surface area contributed by atoms with E-state index in [0.717, 1.165) is 28.1 Å². The molecule has 0 bridgehead atoms. The van der Waals surface area contributed by atoms with Crippen LogP contribution in [-0.4, -0.2) is 9.55 Å². The van der Waals surface area contributed by atoms with Gasteiger partial charge in [-0.1, -0.05) is 146 Å². The molecule has 0 spiro atoms. The van der Waals surface area contributed by atoms with E-state index in [4.69, 9.17) is 4.98 Å². The van der Waals surface area contributed by atoms with Crippen LogP contribution in [0.2, 0.25) is 0 Å². The van der Waals surface area contributed by atoms with Crippen molar-refractivity contribution in [2.45, 2.75) is 5.41 Å². The molecule has 9 rings (SSSR count). The molecule has 0 unspecified atom stereocenters. The Bertz CT molecular complexity index is 2280. The van der Waals surface area contributed by atoms with Gasteiger partial charge >= 0.3 is 0 Å². The number of hydrogen-bond acceptors (Lipinski definition) is 1. The number of fused-ring (bicyclic) bond motifs is 3. The fraction of sp³-hybridized carbons (Fsp3) is 0.0238. The zero-order valence-corrected chi connectivity index (χ0v) is 24.1. The standard InChI is InChI=1S/C42H28N2/c1-4-14-30(15-5-1)41-43-38-22-12-21-36-40(38)44(41)39-26-25-33(32-24-23-29-13-10-11-16-31(29)27-32)28-37(39)42(36,34-17-6-2-7-18-34)35-19-8-3-9-20-35/h1-28H. The first kappa shape index (κ1) is 24.8. The highest BCUT2D eigenvalue weighted by molar-refractivity contribution is 5.94. The molecular formula is C42H28N2. The predicted octanol–water partition coefficient (Wildman–Crippen LogP) is 10.2. The second-order valence-corrected chi connectivity index (χ2v) is 11.6. The Morgan fingerprint density at radius 1 is 0.432 bits per heavy atom. The summed E-state index contributed by atoms with van der Waals surface area (Å²) in [4.78, 5) is 5.28. The SMILES string of the molecule is c1ccc(-c2nc3cccc4c3n2-c2ccc(-c3ccc5ccccc5c3)cc2C4(c2ccccc2)c2ccccc2)cc1. The van der Waals surface area contributed by atoms with Crippen LogP contribution in [0.5, 0.6) is 0 Å². The van der Waals surface area contributed by atoms with Gasteiger partial charge in [-0.15, -0.1) is 0 Å². The third kappa shape index (κ3) is 3.52. The van der Waals surface area contributed by atoms with Crippen molar-refractivity contribution in [1.82, 2.24) is 9.55 Å². The number of nitrogens with zero attached hydrogens (tertiary/aromatic N) is 2. The van der Waals surface area contributed by atoms with Gasteiger partial charge in [-0.25, -0.2) is 4.98 Å². The minimum Gasteiger partial charge on any atom is -0.292 e. The molecule has 44 heavy (non-hydrogen) atoms. The normalized spacial score (nSPS) is 13.2. The Hall–Kier alpha value is -5.73. The summed E-state index contributed by atoms with van der Waals surface area (Å²) >= 11 is 0. The molecule has 0 aliphatic carbocycles. The van der Waals surface area contributed by atoms with Crippen molar-refractivity contribution in [3.05, 3.63) is 192 Å². The van der Waals surface area contributed by atoms with Crippen LogP contribution in [0.15, 0.2) is 170 Å². The summed E-state index contributed by atoms with van der Waals surface area (Å²) < 4.78 is 2.39. The van der Waals surface area contributed by atoms with Crippen LogP contribution >= 0.6 is 0 Å². The topological polar surface area (TPSA) is 17.8 Å². The van der Waals surface area contributed by atoms with Crippen molar-refractivity contribution in [3.8, 4) is 28.2 Å². The molecule has 7 aromatic carbocycles. The summed E-state index contributed by atoms with van der Waals surface area (Å²) in [5.74, 6) is 0.961. The van der Waals surface area contributed by atoms with Crippen molar-refractivity contribution in [2.24, 2.45) is 0 Å². The maximum Gasteiger partial charge on any atom is 0.145 e. The lowest BCUT2D eigenvalue weighted by Crippen LogP contribution is -2.35. The summed E-state index contributed by atoms with van der Waals surface area (Å²) in [6.07, 6.45) is 0. The predicted molar refractivity (Wildman–Crippen MR) is 181 cm³/mol. The molecule has 0 radical (unpaired) electrons. The lowest BCUT2D eigenvalue weighted by molar-refractivity contribution is 0.726. The van der Waals surface area contributed by atoms with Crippen LogP contribution in [0.4, 0.5) is 0 Å². The maximum absolute atomic E-state index is 5.28. The first-order valence-corrected chi connectivity index (χ1v) is 15.1. The van der Waals surface area contributed by atoms with E-state index in [9.17, 15) is 0 Å². The molecule has 8 aromatic rings. The third-order valence-corrected chi connectivity index (χ3v) is 9.25. The average Bonchev–Trinajstić information content (AvgIpc) is 3.50. The van der Waals surface area contributed by atoms with Gasteiger partial charge in [-0.3, -0.25) is 4.57 Å². The summed E-state index contributed by atoms with van der Waals surface area (Å²) in [6.45, 7) is 0. The molecule has 1 aliphatic heterocycles. The molecule has 1 aliphatic rings. The van der Waals surface area contributed by atoms with Crippen LogP contribution < -0.4 is 0 Å². The Labute approximate surface area is 256 Å². The minimum atomic E-state index is -0.547. The Morgan fingerprint density at radius 2 is 1.05 bits per heavy atom. The fourth-order valence-electron chi connectivity index (χ4n) is 7.33. The number of imidazole rings is 1. The van der Waals surface area contributed by atoms with Gasteiger partial charge in [0.1, 0.15) is 5.82 Å². The van der Waals surface area contributed by atoms with Crippen LogP contribution in [0.25, 0.3) is 50.0 Å². The average molecular weight is 561 g/mol. The summed E-state index contributed by atoms with van der Waals surface area (Å²) in [7, 11) is 0. The Balaban J connectivity index is 1.44. The molecule has 1 aromatic heterocycles. The van der Waals surface area contributed by atoms with E-state index >= 15 is 0 Å². The van der Waals surface area contributed by atoms with Gasteiger partial charge in [0.2, 0.25) is 0 Å². The van der Waals surface area contributed by atoms with Crippen molar-refractivity contribution in [3.63, 3.8) is 0 Å². The first-order chi connectivity index (χ1) is 21.8. The molecule has 0 amide bonds. The molecule has 0 saturated carbocycles. The van der Waals surface area contributed by atoms with Gasteiger partial charge in [-0.05, 0) is 68.4 Å². The highest BCUT2D eigenvalue weighted by Crippen LogP contribution is 2.54. The lowest BCUT2D eigenvalue weighted by atomic mass is 9.63. The van der Waals surface area contributed by atoms with Gasteiger partial charge < -0.3 is 0 Å². The van der Waals surface area contributed by atoms with Gasteiger partial charge in [0.05, 0.1) is 22.1 Å². The van der Waals surface area contributed by atoms with E-state index in [1.54, 1.807) is 0 Å². The van der Waals surface area contributed by atoms with Crippen molar-refractivity contribution in [2.75, 3.05) is 0 Å². The maximum atomic E-state index is 5.28. The monoisotopic (exact) mass is 560 g/mol. The first-order valence-electron chi connectivity index (χ1n) is 15.1. The van der Waals surface area contributed by atoms with E-state index in [1.165, 1.54) is 44.2 Å². The molecule has 0 fully saturated rings. The summed E-state index contributed by atoms with van der Waals surface area (Å²) in [5.41, 5.74) is 11.2. The van der Waals surface area contributed by atoms with E-state index < -0.39 is 5.41 Å². The van der Waals surface area contributed by atoms with Crippen LogP contribution in [0, 0.1) is 0 Å². The zero-order chi connectivity index (χ0) is 29.1. The quantitative estimate of drug-likeness (QED) is 0.209. The number of hydrogen-bond donors (Lipinski definition) is 0. The molecular weight excluding hydrogens is 532 g/mol. The number of rotatable bonds is 4. The van der Waals surface area contributed by atoms with Gasteiger partial charge in [-0.2, -0.15) is 0 Å². The second kappa shape index (κ2) is 9.65. The van der Waals surface area contributed by atoms with Gasteiger partial charge in [0.15, 0.2) is 0 Å². The number of benzene rings is 7. The highest BCUT2D eigenvalue weighted by Gasteiger charge is 2.45. The summed E-state index contributed by atoms with van der Waals surface area (Å²) in [6, 6.07) is 61.5. The molecule has 0 saturated heterocycles. The highest BCUT2D eigenvalue weighted by atomic mass is 15.1. The van der Waals surface area contributed by atoms with E-state index in [0.29, 0.717) is 0 Å². The van der Waals surface area contributed by atoms with Crippen molar-refractivity contribution in [1.29, 1.82) is 0 Å². The van der Waals surface area contributed by atoms with Crippen LogP contribution in [0.3, 0.4) is 0 Å². The van der Waals surface area contributed by atoms with Crippen molar-refractivity contribution >= 4 is 21.8 Å². The van der Waals surface area contributed by atoms with Gasteiger partial charge in [0.25, 0.3) is 0 Å². The minimum absolute atomic E-state index is 0.547. The lowest BCUT2D eigenvalue weighted by Gasteiger charge is -2.41. The van der Waals surface area contributed by atoms with Gasteiger partial charge in [0, 0.05) is 5.56 Å². The summed E-state index contributed by atoms with van der Waals surface area (Å²) in [5, 5.41) is 2.49. The second-order valence-electron chi connectivity index (χ2n) is 11.6. The van der Waals surface area contributed by atoms with Crippen molar-refractivity contribution < 1.29 is 0 Å². The molecule has 0 atom stereocenters. The third-order valence-electron chi connectivity index (χ3n) is 9.25. The molecule has 2 nitrogen and oxygen atoms in total. The zero-order valence-electron chi connectivity index (χ0n) is 24.1. The molecule has 206 valence electrons. The Morgan fingerprint density at radius 3 is 1.77 bits per heavy atom. The number of para-hydroxylation sites is 1. The molecule has 2 heterocycles. The molecule has 0 N–H and O–H groups in total. The van der Waals surface area contributed by atoms with Crippen LogP contribution in [-0.2, 0) is 5.41 Å². The van der Waals surface area contributed by atoms with E-state index in [1.807, 2.05) is 0 Å². The molecule has 2 heteroatoms. The smallest absolute Gasteiger partial charge is 0.145 e. The fourth-order valence-corrected chi connectivity index (χ4v) is 7.33. The van der Waals surface area contributed by atoms with E-state index in [2.05, 4.69) is 174 Å².